The Morgan fingerprint density at radius 2 is 1.88 bits per heavy atom. The summed E-state index contributed by atoms with van der Waals surface area (Å²) in [6.07, 6.45) is 10.8. The number of amides is 1. The summed E-state index contributed by atoms with van der Waals surface area (Å²) in [5, 5.41) is 10.3. The van der Waals surface area contributed by atoms with Crippen LogP contribution >= 0.6 is 0 Å². The maximum atomic E-state index is 13.2. The minimum atomic E-state index is -0.411. The highest BCUT2D eigenvalue weighted by atomic mass is 16.2. The third-order valence-electron chi connectivity index (χ3n) is 5.14. The number of aryl methyl sites for hydroxylation is 2. The molecule has 0 aliphatic heterocycles. The second-order valence-electron chi connectivity index (χ2n) is 7.14. The number of imidazole rings is 2. The van der Waals surface area contributed by atoms with E-state index in [1.54, 1.807) is 12.4 Å². The smallest absolute Gasteiger partial charge is 0.230 e. The lowest BCUT2D eigenvalue weighted by Gasteiger charge is -2.27. The number of aromatic amines is 1. The molecule has 2 atom stereocenters. The average molecular weight is 353 g/mol. The fraction of sp³-hybridized carbons (Fsp3) is 0.444. The van der Waals surface area contributed by atoms with E-state index in [1.165, 1.54) is 0 Å². The van der Waals surface area contributed by atoms with Crippen molar-refractivity contribution in [3.05, 3.63) is 53.9 Å². The van der Waals surface area contributed by atoms with Crippen molar-refractivity contribution in [1.82, 2.24) is 34.6 Å². The quantitative estimate of drug-likeness (QED) is 0.742. The van der Waals surface area contributed by atoms with Crippen LogP contribution in [0.1, 0.15) is 48.2 Å². The summed E-state index contributed by atoms with van der Waals surface area (Å²) in [5.41, 5.74) is 2.06. The zero-order chi connectivity index (χ0) is 18.3. The molecule has 3 heterocycles. The highest BCUT2D eigenvalue weighted by Gasteiger charge is 2.34. The summed E-state index contributed by atoms with van der Waals surface area (Å²) in [4.78, 5) is 22.1. The summed E-state index contributed by atoms with van der Waals surface area (Å²) >= 11 is 0. The van der Waals surface area contributed by atoms with E-state index in [0.29, 0.717) is 5.92 Å². The Morgan fingerprint density at radius 1 is 1.23 bits per heavy atom. The largest absolute Gasteiger partial charge is 0.339 e. The highest BCUT2D eigenvalue weighted by molar-refractivity contribution is 5.84. The van der Waals surface area contributed by atoms with Gasteiger partial charge in [0.1, 0.15) is 17.7 Å². The van der Waals surface area contributed by atoms with Crippen molar-refractivity contribution < 1.29 is 4.79 Å². The Balaban J connectivity index is 1.66. The molecule has 0 saturated carbocycles. The van der Waals surface area contributed by atoms with Gasteiger partial charge < -0.3 is 14.5 Å². The van der Waals surface area contributed by atoms with E-state index in [2.05, 4.69) is 32.4 Å². The predicted octanol–water partition coefficient (Wildman–Crippen LogP) is 1.45. The van der Waals surface area contributed by atoms with Crippen LogP contribution in [0.5, 0.6) is 0 Å². The van der Waals surface area contributed by atoms with Gasteiger partial charge in [-0.15, -0.1) is 0 Å². The number of hydrogen-bond donors (Lipinski definition) is 2. The second kappa shape index (κ2) is 6.44. The summed E-state index contributed by atoms with van der Waals surface area (Å²) in [6.45, 7) is 2.17. The molecule has 1 aliphatic rings. The van der Waals surface area contributed by atoms with Gasteiger partial charge >= 0.3 is 0 Å². The molecule has 4 rings (SSSR count). The third kappa shape index (κ3) is 2.81. The first-order valence-corrected chi connectivity index (χ1v) is 8.81. The van der Waals surface area contributed by atoms with Crippen molar-refractivity contribution >= 4 is 5.91 Å². The minimum Gasteiger partial charge on any atom is -0.339 e. The van der Waals surface area contributed by atoms with Gasteiger partial charge in [0, 0.05) is 38.9 Å². The third-order valence-corrected chi connectivity index (χ3v) is 5.14. The fourth-order valence-corrected chi connectivity index (χ4v) is 3.80. The molecule has 0 aromatic carbocycles. The van der Waals surface area contributed by atoms with Crippen LogP contribution in [0.4, 0.5) is 0 Å². The molecule has 0 fully saturated rings. The molecule has 0 spiro atoms. The molecular weight excluding hydrogens is 330 g/mol. The molecule has 0 radical (unpaired) electrons. The van der Waals surface area contributed by atoms with Gasteiger partial charge in [0.15, 0.2) is 0 Å². The van der Waals surface area contributed by atoms with Gasteiger partial charge in [-0.25, -0.2) is 9.97 Å². The Hall–Kier alpha value is -2.90. The number of nitrogens with one attached hydrogen (secondary N) is 2. The summed E-state index contributed by atoms with van der Waals surface area (Å²) in [5.74, 6) is 1.68. The van der Waals surface area contributed by atoms with Gasteiger partial charge in [0.25, 0.3) is 0 Å². The lowest BCUT2D eigenvalue weighted by Crippen LogP contribution is -2.38. The summed E-state index contributed by atoms with van der Waals surface area (Å²) in [7, 11) is 3.83. The lowest BCUT2D eigenvalue weighted by atomic mass is 9.81. The first-order valence-electron chi connectivity index (χ1n) is 8.81. The molecule has 8 nitrogen and oxygen atoms in total. The fourth-order valence-electron chi connectivity index (χ4n) is 3.80. The van der Waals surface area contributed by atoms with E-state index < -0.39 is 6.04 Å². The van der Waals surface area contributed by atoms with Crippen molar-refractivity contribution in [3.8, 4) is 0 Å². The maximum absolute atomic E-state index is 13.2. The molecule has 8 heteroatoms. The molecule has 0 bridgehead atoms. The van der Waals surface area contributed by atoms with Gasteiger partial charge in [0.2, 0.25) is 5.91 Å². The number of carbonyl (C=O) groups excluding carboxylic acids is 1. The Morgan fingerprint density at radius 3 is 2.46 bits per heavy atom. The van der Waals surface area contributed by atoms with Crippen molar-refractivity contribution in [3.63, 3.8) is 0 Å². The monoisotopic (exact) mass is 353 g/mol. The van der Waals surface area contributed by atoms with Crippen molar-refractivity contribution in [1.29, 1.82) is 0 Å². The van der Waals surface area contributed by atoms with Gasteiger partial charge in [-0.05, 0) is 24.3 Å². The second-order valence-corrected chi connectivity index (χ2v) is 7.14. The minimum absolute atomic E-state index is 0.0296. The number of H-pyrrole nitrogens is 1. The number of nitrogens with zero attached hydrogens (tertiary/aromatic N) is 5. The molecule has 1 amide bonds. The van der Waals surface area contributed by atoms with Crippen LogP contribution in [0.15, 0.2) is 31.0 Å². The summed E-state index contributed by atoms with van der Waals surface area (Å²) in [6, 6.07) is -0.411. The van der Waals surface area contributed by atoms with Gasteiger partial charge in [0.05, 0.1) is 17.8 Å². The molecule has 2 unspecified atom stereocenters. The zero-order valence-electron chi connectivity index (χ0n) is 15.2. The van der Waals surface area contributed by atoms with Crippen LogP contribution in [-0.4, -0.2) is 35.2 Å². The molecule has 3 aromatic rings. The number of hydrogen-bond acceptors (Lipinski definition) is 4. The van der Waals surface area contributed by atoms with Gasteiger partial charge in [-0.1, -0.05) is 6.92 Å². The molecule has 1 aliphatic carbocycles. The van der Waals surface area contributed by atoms with Crippen molar-refractivity contribution in [2.24, 2.45) is 20.0 Å². The topological polar surface area (TPSA) is 93.4 Å². The molecular formula is C18H23N7O. The van der Waals surface area contributed by atoms with E-state index in [4.69, 9.17) is 0 Å². The molecule has 3 aromatic heterocycles. The lowest BCUT2D eigenvalue weighted by molar-refractivity contribution is -0.123. The number of carbonyl (C=O) groups is 1. The van der Waals surface area contributed by atoms with Crippen molar-refractivity contribution in [2.45, 2.75) is 31.7 Å². The Kier molecular flexibility index (Phi) is 4.10. The van der Waals surface area contributed by atoms with Crippen LogP contribution in [0.3, 0.4) is 0 Å². The van der Waals surface area contributed by atoms with Gasteiger partial charge in [-0.3, -0.25) is 9.89 Å². The SMILES string of the molecule is CC1Cc2cn[nH]c2C(C(=O)NC(c2nccn2C)c2nccn2C)C1. The van der Waals surface area contributed by atoms with Crippen LogP contribution in [0, 0.1) is 5.92 Å². The highest BCUT2D eigenvalue weighted by Crippen LogP contribution is 2.34. The number of aromatic nitrogens is 6. The summed E-state index contributed by atoms with van der Waals surface area (Å²) < 4.78 is 3.81. The van der Waals surface area contributed by atoms with Crippen LogP contribution in [0.2, 0.25) is 0 Å². The first kappa shape index (κ1) is 16.6. The van der Waals surface area contributed by atoms with Gasteiger partial charge in [-0.2, -0.15) is 5.10 Å². The van der Waals surface area contributed by atoms with E-state index in [0.717, 1.165) is 35.7 Å². The number of fused-ring (bicyclic) bond motifs is 1. The zero-order valence-corrected chi connectivity index (χ0v) is 15.2. The van der Waals surface area contributed by atoms with Crippen molar-refractivity contribution in [2.75, 3.05) is 0 Å². The van der Waals surface area contributed by atoms with Crippen LogP contribution in [0.25, 0.3) is 0 Å². The first-order chi connectivity index (χ1) is 12.5. The van der Waals surface area contributed by atoms with E-state index in [9.17, 15) is 4.79 Å². The Bertz CT molecular complexity index is 881. The molecule has 26 heavy (non-hydrogen) atoms. The van der Waals surface area contributed by atoms with E-state index >= 15 is 0 Å². The average Bonchev–Trinajstić information content (AvgIpc) is 3.33. The van der Waals surface area contributed by atoms with E-state index in [1.807, 2.05) is 41.8 Å². The predicted molar refractivity (Wildman–Crippen MR) is 95.2 cm³/mol. The standard InChI is InChI=1S/C18H23N7O/c1-11-8-12-10-21-23-14(12)13(9-11)18(26)22-15(16-19-4-6-24(16)2)17-20-5-7-25(17)3/h4-7,10-11,13,15H,8-9H2,1-3H3,(H,21,23)(H,22,26). The number of rotatable bonds is 4. The molecule has 136 valence electrons. The van der Waals surface area contributed by atoms with Crippen LogP contribution < -0.4 is 5.32 Å². The Labute approximate surface area is 151 Å². The van der Waals surface area contributed by atoms with Crippen LogP contribution in [-0.2, 0) is 25.3 Å². The maximum Gasteiger partial charge on any atom is 0.230 e. The molecule has 2 N–H and O–H groups in total. The molecule has 0 saturated heterocycles. The normalized spacial score (nSPS) is 19.5. The van der Waals surface area contributed by atoms with E-state index in [-0.39, 0.29) is 11.8 Å².